The van der Waals surface area contributed by atoms with Gasteiger partial charge in [-0.1, -0.05) is 24.3 Å². The first-order valence-electron chi connectivity index (χ1n) is 11.2. The van der Waals surface area contributed by atoms with Crippen molar-refractivity contribution in [3.05, 3.63) is 75.8 Å². The van der Waals surface area contributed by atoms with Crippen molar-refractivity contribution in [2.24, 2.45) is 0 Å². The van der Waals surface area contributed by atoms with Gasteiger partial charge in [0.05, 0.1) is 29.7 Å². The predicted octanol–water partition coefficient (Wildman–Crippen LogP) is 3.19. The third-order valence-corrected chi connectivity index (χ3v) is 5.77. The molecule has 0 unspecified atom stereocenters. The summed E-state index contributed by atoms with van der Waals surface area (Å²) in [5, 5.41) is 0.547. The monoisotopic (exact) mass is 434 g/mol. The minimum atomic E-state index is -0.190. The number of fused-ring (bicyclic) bond motifs is 1. The van der Waals surface area contributed by atoms with Crippen LogP contribution in [-0.4, -0.2) is 57.5 Å². The number of carbonyl (C=O) groups excluding carboxylic acids is 1. The van der Waals surface area contributed by atoms with Crippen molar-refractivity contribution in [1.82, 2.24) is 19.8 Å². The number of para-hydroxylation sites is 1. The Bertz CT molecular complexity index is 1130. The van der Waals surface area contributed by atoms with Crippen molar-refractivity contribution in [3.8, 4) is 0 Å². The molecule has 1 saturated heterocycles. The Balaban J connectivity index is 1.45. The number of nitrogens with zero attached hydrogens (tertiary/aromatic N) is 3. The summed E-state index contributed by atoms with van der Waals surface area (Å²) in [6.45, 7) is 9.54. The quantitative estimate of drug-likeness (QED) is 0.645. The number of amides is 1. The van der Waals surface area contributed by atoms with Gasteiger partial charge in [0.25, 0.3) is 11.5 Å². The Morgan fingerprint density at radius 1 is 1.12 bits per heavy atom. The normalized spacial score (nSPS) is 19.2. The number of hydrogen-bond acceptors (Lipinski definition) is 5. The van der Waals surface area contributed by atoms with E-state index in [-0.39, 0.29) is 30.2 Å². The lowest BCUT2D eigenvalue weighted by molar-refractivity contribution is -0.0704. The van der Waals surface area contributed by atoms with Gasteiger partial charge in [0.1, 0.15) is 5.82 Å². The van der Waals surface area contributed by atoms with Crippen LogP contribution in [0.4, 0.5) is 0 Å². The molecule has 2 atom stereocenters. The van der Waals surface area contributed by atoms with Crippen LogP contribution < -0.4 is 5.56 Å². The molecule has 0 radical (unpaired) electrons. The van der Waals surface area contributed by atoms with Crippen LogP contribution in [0.2, 0.25) is 0 Å². The standard InChI is InChI=1S/C25H30N4O3/c1-4-29(16-23-26-22-8-6-5-7-21(22)24(30)27-23)25(31)20-11-9-19(10-12-20)15-28-13-17(2)32-18(3)14-28/h5-12,17-18H,4,13-16H2,1-3H3,(H,26,27,30)/t17-,18+. The van der Waals surface area contributed by atoms with Crippen LogP contribution in [0, 0.1) is 0 Å². The summed E-state index contributed by atoms with van der Waals surface area (Å²) >= 11 is 0. The fourth-order valence-electron chi connectivity index (χ4n) is 4.32. The van der Waals surface area contributed by atoms with Gasteiger partial charge in [-0.15, -0.1) is 0 Å². The second kappa shape index (κ2) is 9.63. The van der Waals surface area contributed by atoms with Crippen LogP contribution in [0.5, 0.6) is 0 Å². The summed E-state index contributed by atoms with van der Waals surface area (Å²) in [5.41, 5.74) is 2.24. The average molecular weight is 435 g/mol. The Labute approximate surface area is 188 Å². The molecule has 0 saturated carbocycles. The number of morpholine rings is 1. The molecule has 7 heteroatoms. The van der Waals surface area contributed by atoms with E-state index in [0.29, 0.717) is 28.8 Å². The van der Waals surface area contributed by atoms with Gasteiger partial charge in [-0.25, -0.2) is 4.98 Å². The third kappa shape index (κ3) is 5.06. The molecule has 1 amide bonds. The number of H-pyrrole nitrogens is 1. The third-order valence-electron chi connectivity index (χ3n) is 5.77. The Morgan fingerprint density at radius 3 is 2.50 bits per heavy atom. The highest BCUT2D eigenvalue weighted by atomic mass is 16.5. The summed E-state index contributed by atoms with van der Waals surface area (Å²) in [6.07, 6.45) is 0.459. The van der Waals surface area contributed by atoms with Crippen LogP contribution >= 0.6 is 0 Å². The van der Waals surface area contributed by atoms with Gasteiger partial charge in [-0.2, -0.15) is 0 Å². The van der Waals surface area contributed by atoms with Gasteiger partial charge in [0, 0.05) is 31.7 Å². The molecule has 1 N–H and O–H groups in total. The molecule has 168 valence electrons. The highest BCUT2D eigenvalue weighted by Gasteiger charge is 2.22. The van der Waals surface area contributed by atoms with E-state index in [0.717, 1.165) is 19.6 Å². The van der Waals surface area contributed by atoms with Gasteiger partial charge < -0.3 is 14.6 Å². The van der Waals surface area contributed by atoms with Crippen molar-refractivity contribution in [1.29, 1.82) is 0 Å². The van der Waals surface area contributed by atoms with Gasteiger partial charge in [-0.3, -0.25) is 14.5 Å². The summed E-state index contributed by atoms with van der Waals surface area (Å²) < 4.78 is 5.80. The molecule has 1 aliphatic rings. The smallest absolute Gasteiger partial charge is 0.258 e. The first-order valence-corrected chi connectivity index (χ1v) is 11.2. The number of ether oxygens (including phenoxy) is 1. The first-order chi connectivity index (χ1) is 15.4. The molecule has 0 bridgehead atoms. The molecule has 1 aliphatic heterocycles. The second-order valence-corrected chi connectivity index (χ2v) is 8.50. The topological polar surface area (TPSA) is 78.5 Å². The highest BCUT2D eigenvalue weighted by molar-refractivity contribution is 5.94. The summed E-state index contributed by atoms with van der Waals surface area (Å²) in [5.74, 6) is 0.402. The van der Waals surface area contributed by atoms with Gasteiger partial charge in [0.15, 0.2) is 0 Å². The lowest BCUT2D eigenvalue weighted by atomic mass is 10.1. The SMILES string of the molecule is CCN(Cc1nc2ccccc2c(=O)[nH]1)C(=O)c1ccc(CN2C[C@@H](C)O[C@@H](C)C2)cc1. The molecule has 0 spiro atoms. The molecule has 4 rings (SSSR count). The molecule has 32 heavy (non-hydrogen) atoms. The van der Waals surface area contributed by atoms with E-state index < -0.39 is 0 Å². The minimum Gasteiger partial charge on any atom is -0.373 e. The zero-order valence-corrected chi connectivity index (χ0v) is 18.9. The molecule has 2 heterocycles. The first kappa shape index (κ1) is 22.2. The molecule has 1 fully saturated rings. The Kier molecular flexibility index (Phi) is 6.67. The Hall–Kier alpha value is -3.03. The maximum atomic E-state index is 13.1. The molecular formula is C25H30N4O3. The summed E-state index contributed by atoms with van der Waals surface area (Å²) in [4.78, 5) is 36.8. The van der Waals surface area contributed by atoms with E-state index in [1.165, 1.54) is 5.56 Å². The van der Waals surface area contributed by atoms with Crippen molar-refractivity contribution >= 4 is 16.8 Å². The maximum Gasteiger partial charge on any atom is 0.258 e. The highest BCUT2D eigenvalue weighted by Crippen LogP contribution is 2.16. The number of hydrogen-bond donors (Lipinski definition) is 1. The van der Waals surface area contributed by atoms with Crippen molar-refractivity contribution < 1.29 is 9.53 Å². The lowest BCUT2D eigenvalue weighted by Gasteiger charge is -2.35. The number of nitrogens with one attached hydrogen (secondary N) is 1. The van der Waals surface area contributed by atoms with Gasteiger partial charge in [0.2, 0.25) is 0 Å². The largest absolute Gasteiger partial charge is 0.373 e. The molecule has 0 aliphatic carbocycles. The molecule has 3 aromatic rings. The van der Waals surface area contributed by atoms with E-state index >= 15 is 0 Å². The van der Waals surface area contributed by atoms with Crippen LogP contribution in [-0.2, 0) is 17.8 Å². The van der Waals surface area contributed by atoms with Gasteiger partial charge >= 0.3 is 0 Å². The molecule has 7 nitrogen and oxygen atoms in total. The number of rotatable bonds is 6. The number of benzene rings is 2. The second-order valence-electron chi connectivity index (χ2n) is 8.50. The van der Waals surface area contributed by atoms with Crippen LogP contribution in [0.1, 0.15) is 42.5 Å². The van der Waals surface area contributed by atoms with E-state index in [9.17, 15) is 9.59 Å². The summed E-state index contributed by atoms with van der Waals surface area (Å²) in [7, 11) is 0. The van der Waals surface area contributed by atoms with Crippen LogP contribution in [0.25, 0.3) is 10.9 Å². The maximum absolute atomic E-state index is 13.1. The van der Waals surface area contributed by atoms with Crippen molar-refractivity contribution in [3.63, 3.8) is 0 Å². The summed E-state index contributed by atoms with van der Waals surface area (Å²) in [6, 6.07) is 15.0. The minimum absolute atomic E-state index is 0.0801. The van der Waals surface area contributed by atoms with E-state index in [2.05, 4.69) is 28.7 Å². The van der Waals surface area contributed by atoms with E-state index in [1.54, 1.807) is 17.0 Å². The fraction of sp³-hybridized carbons (Fsp3) is 0.400. The Morgan fingerprint density at radius 2 is 1.81 bits per heavy atom. The van der Waals surface area contributed by atoms with Crippen molar-refractivity contribution in [2.45, 2.75) is 46.1 Å². The zero-order valence-electron chi connectivity index (χ0n) is 18.9. The van der Waals surface area contributed by atoms with Crippen LogP contribution in [0.15, 0.2) is 53.3 Å². The van der Waals surface area contributed by atoms with Gasteiger partial charge in [-0.05, 0) is 50.6 Å². The molecule has 1 aromatic heterocycles. The number of aromatic nitrogens is 2. The lowest BCUT2D eigenvalue weighted by Crippen LogP contribution is -2.44. The van der Waals surface area contributed by atoms with Crippen molar-refractivity contribution in [2.75, 3.05) is 19.6 Å². The number of aromatic amines is 1. The molecular weight excluding hydrogens is 404 g/mol. The zero-order chi connectivity index (χ0) is 22.7. The predicted molar refractivity (Wildman–Crippen MR) is 125 cm³/mol. The fourth-order valence-corrected chi connectivity index (χ4v) is 4.32. The van der Waals surface area contributed by atoms with Crippen LogP contribution in [0.3, 0.4) is 0 Å². The van der Waals surface area contributed by atoms with E-state index in [4.69, 9.17) is 4.74 Å². The van der Waals surface area contributed by atoms with E-state index in [1.807, 2.05) is 43.3 Å². The number of carbonyl (C=O) groups is 1. The molecule has 2 aromatic carbocycles. The average Bonchev–Trinajstić information content (AvgIpc) is 2.77.